The first kappa shape index (κ1) is 27.7. The van der Waals surface area contributed by atoms with E-state index < -0.39 is 36.0 Å². The molecular weight excluding hydrogens is 432 g/mol. The number of nitrogens with two attached hydrogens (primary N) is 2. The number of hydrogen-bond donors (Lipinski definition) is 6. The number of hydrogen-bond acceptors (Lipinski definition) is 7. The first-order valence-corrected chi connectivity index (χ1v) is 10.5. The molecule has 2 unspecified atom stereocenters. The number of ether oxygens (including phenoxy) is 2. The van der Waals surface area contributed by atoms with Gasteiger partial charge in [0.25, 0.3) is 0 Å². The minimum atomic E-state index is -0.857. The van der Waals surface area contributed by atoms with Gasteiger partial charge in [0.1, 0.15) is 19.4 Å². The summed E-state index contributed by atoms with van der Waals surface area (Å²) in [5.74, 6) is -0.967. The third kappa shape index (κ3) is 11.2. The highest BCUT2D eigenvalue weighted by atomic mass is 16.6. The molecule has 0 bridgehead atoms. The van der Waals surface area contributed by atoms with E-state index in [9.17, 15) is 19.2 Å². The van der Waals surface area contributed by atoms with Gasteiger partial charge in [-0.25, -0.2) is 9.59 Å². The standard InChI is InChI=1S/C21H34N6O6/c1-13(2)17(22)19(29)27-16(5-4-10-24-20(23)30)18(28)26-15-8-6-14(7-9-15)11-33-21(31)25-12-32-3/h6-9,13,16-17H,4-5,10-12,22H2,1-3H3,(H,25,31)(H,26,28)(H,27,29)(H3,23,24,30). The smallest absolute Gasteiger partial charge is 0.409 e. The van der Waals surface area contributed by atoms with Gasteiger partial charge in [-0.2, -0.15) is 0 Å². The highest BCUT2D eigenvalue weighted by Gasteiger charge is 2.25. The van der Waals surface area contributed by atoms with Crippen molar-refractivity contribution < 1.29 is 28.7 Å². The second-order valence-corrected chi connectivity index (χ2v) is 7.64. The van der Waals surface area contributed by atoms with Crippen molar-refractivity contribution in [2.45, 2.75) is 45.4 Å². The van der Waals surface area contributed by atoms with Crippen LogP contribution in [0.1, 0.15) is 32.3 Å². The molecule has 33 heavy (non-hydrogen) atoms. The van der Waals surface area contributed by atoms with E-state index in [0.717, 1.165) is 0 Å². The average Bonchev–Trinajstić information content (AvgIpc) is 2.78. The summed E-state index contributed by atoms with van der Waals surface area (Å²) in [6.07, 6.45) is 0.0726. The molecule has 0 aliphatic rings. The Morgan fingerprint density at radius 2 is 1.70 bits per heavy atom. The summed E-state index contributed by atoms with van der Waals surface area (Å²) in [6.45, 7) is 3.97. The Labute approximate surface area is 193 Å². The zero-order chi connectivity index (χ0) is 24.8. The van der Waals surface area contributed by atoms with Crippen LogP contribution in [0.4, 0.5) is 15.3 Å². The minimum absolute atomic E-state index is 0.0438. The van der Waals surface area contributed by atoms with Gasteiger partial charge in [0.2, 0.25) is 11.8 Å². The van der Waals surface area contributed by atoms with Crippen LogP contribution in [0.3, 0.4) is 0 Å². The largest absolute Gasteiger partial charge is 0.445 e. The SMILES string of the molecule is COCNC(=O)OCc1ccc(NC(=O)C(CCCNC(N)=O)NC(=O)C(N)C(C)C)cc1. The van der Waals surface area contributed by atoms with Crippen LogP contribution >= 0.6 is 0 Å². The third-order valence-corrected chi connectivity index (χ3v) is 4.58. The molecule has 0 saturated carbocycles. The molecule has 0 fully saturated rings. The summed E-state index contributed by atoms with van der Waals surface area (Å²) >= 11 is 0. The summed E-state index contributed by atoms with van der Waals surface area (Å²) in [4.78, 5) is 47.4. The number of methoxy groups -OCH3 is 1. The molecule has 0 heterocycles. The van der Waals surface area contributed by atoms with Gasteiger partial charge in [-0.15, -0.1) is 0 Å². The minimum Gasteiger partial charge on any atom is -0.445 e. The molecule has 12 heteroatoms. The molecule has 1 aromatic rings. The summed E-state index contributed by atoms with van der Waals surface area (Å²) in [5.41, 5.74) is 12.1. The maximum atomic E-state index is 12.8. The number of nitrogens with one attached hydrogen (secondary N) is 4. The Hall–Kier alpha value is -3.38. The van der Waals surface area contributed by atoms with Gasteiger partial charge in [-0.1, -0.05) is 26.0 Å². The molecular formula is C21H34N6O6. The van der Waals surface area contributed by atoms with Gasteiger partial charge in [0, 0.05) is 19.3 Å². The summed E-state index contributed by atoms with van der Waals surface area (Å²) in [7, 11) is 1.44. The fraction of sp³-hybridized carbons (Fsp3) is 0.524. The molecule has 0 spiro atoms. The number of anilines is 1. The number of alkyl carbamates (subject to hydrolysis) is 1. The molecule has 0 radical (unpaired) electrons. The van der Waals surface area contributed by atoms with Crippen molar-refractivity contribution in [3.05, 3.63) is 29.8 Å². The molecule has 0 aliphatic heterocycles. The van der Waals surface area contributed by atoms with Gasteiger partial charge in [-0.3, -0.25) is 14.9 Å². The van der Waals surface area contributed by atoms with E-state index in [4.69, 9.17) is 20.9 Å². The zero-order valence-corrected chi connectivity index (χ0v) is 19.2. The number of carbonyl (C=O) groups is 4. The molecule has 1 rings (SSSR count). The first-order chi connectivity index (χ1) is 15.6. The predicted octanol–water partition coefficient (Wildman–Crippen LogP) is 0.372. The average molecular weight is 467 g/mol. The number of primary amides is 1. The van der Waals surface area contributed by atoms with Crippen LogP contribution in [0.2, 0.25) is 0 Å². The van der Waals surface area contributed by atoms with Crippen LogP contribution < -0.4 is 32.7 Å². The Balaban J connectivity index is 2.70. The van der Waals surface area contributed by atoms with E-state index in [1.54, 1.807) is 24.3 Å². The summed E-state index contributed by atoms with van der Waals surface area (Å²) in [6, 6.07) is 4.40. The lowest BCUT2D eigenvalue weighted by Gasteiger charge is -2.22. The van der Waals surface area contributed by atoms with Crippen LogP contribution in [0, 0.1) is 5.92 Å². The van der Waals surface area contributed by atoms with Gasteiger partial charge in [-0.05, 0) is 36.5 Å². The van der Waals surface area contributed by atoms with Gasteiger partial charge in [0.15, 0.2) is 0 Å². The van der Waals surface area contributed by atoms with Gasteiger partial charge in [0.05, 0.1) is 6.04 Å². The maximum absolute atomic E-state index is 12.8. The quantitative estimate of drug-likeness (QED) is 0.179. The van der Waals surface area contributed by atoms with Crippen molar-refractivity contribution >= 4 is 29.6 Å². The molecule has 8 N–H and O–H groups in total. The number of benzene rings is 1. The number of rotatable bonds is 13. The number of carbonyl (C=O) groups excluding carboxylic acids is 4. The van der Waals surface area contributed by atoms with E-state index in [1.165, 1.54) is 7.11 Å². The predicted molar refractivity (Wildman–Crippen MR) is 122 cm³/mol. The van der Waals surface area contributed by atoms with Crippen molar-refractivity contribution in [1.82, 2.24) is 16.0 Å². The summed E-state index contributed by atoms with van der Waals surface area (Å²) < 4.78 is 9.75. The molecule has 0 saturated heterocycles. The molecule has 1 aromatic carbocycles. The van der Waals surface area contributed by atoms with Crippen molar-refractivity contribution in [1.29, 1.82) is 0 Å². The Morgan fingerprint density at radius 3 is 2.27 bits per heavy atom. The second-order valence-electron chi connectivity index (χ2n) is 7.64. The van der Waals surface area contributed by atoms with E-state index in [1.807, 2.05) is 13.8 Å². The Kier molecular flexibility index (Phi) is 12.3. The van der Waals surface area contributed by atoms with Crippen molar-refractivity contribution in [2.24, 2.45) is 17.4 Å². The first-order valence-electron chi connectivity index (χ1n) is 10.5. The Morgan fingerprint density at radius 1 is 1.03 bits per heavy atom. The van der Waals surface area contributed by atoms with Crippen LogP contribution in [-0.2, 0) is 25.7 Å². The molecule has 184 valence electrons. The molecule has 5 amide bonds. The van der Waals surface area contributed by atoms with E-state index >= 15 is 0 Å². The normalized spacial score (nSPS) is 12.4. The lowest BCUT2D eigenvalue weighted by molar-refractivity contribution is -0.128. The van der Waals surface area contributed by atoms with Gasteiger partial charge >= 0.3 is 12.1 Å². The third-order valence-electron chi connectivity index (χ3n) is 4.58. The molecule has 12 nitrogen and oxygen atoms in total. The van der Waals surface area contributed by atoms with Crippen LogP contribution in [0.15, 0.2) is 24.3 Å². The van der Waals surface area contributed by atoms with Crippen molar-refractivity contribution in [3.8, 4) is 0 Å². The number of urea groups is 1. The second kappa shape index (κ2) is 14.6. The fourth-order valence-corrected chi connectivity index (χ4v) is 2.60. The monoisotopic (exact) mass is 466 g/mol. The maximum Gasteiger partial charge on any atom is 0.409 e. The lowest BCUT2D eigenvalue weighted by atomic mass is 10.0. The lowest BCUT2D eigenvalue weighted by Crippen LogP contribution is -2.51. The van der Waals surface area contributed by atoms with Crippen LogP contribution in [0.5, 0.6) is 0 Å². The zero-order valence-electron chi connectivity index (χ0n) is 19.2. The van der Waals surface area contributed by atoms with Gasteiger partial charge < -0.3 is 36.9 Å². The topological polar surface area (TPSA) is 187 Å². The van der Waals surface area contributed by atoms with E-state index in [0.29, 0.717) is 17.7 Å². The molecule has 0 aromatic heterocycles. The van der Waals surface area contributed by atoms with Crippen molar-refractivity contribution in [3.63, 3.8) is 0 Å². The molecule has 0 aliphatic carbocycles. The van der Waals surface area contributed by atoms with Crippen LogP contribution in [0.25, 0.3) is 0 Å². The van der Waals surface area contributed by atoms with E-state index in [-0.39, 0.29) is 32.2 Å². The highest BCUT2D eigenvalue weighted by molar-refractivity contribution is 5.97. The fourth-order valence-electron chi connectivity index (χ4n) is 2.60. The molecule has 2 atom stereocenters. The van der Waals surface area contributed by atoms with E-state index in [2.05, 4.69) is 21.3 Å². The summed E-state index contributed by atoms with van der Waals surface area (Å²) in [5, 5.41) is 10.3. The Bertz CT molecular complexity index is 786. The van der Waals surface area contributed by atoms with Crippen molar-refractivity contribution in [2.75, 3.05) is 25.7 Å². The van der Waals surface area contributed by atoms with Crippen LogP contribution in [-0.4, -0.2) is 56.4 Å². The highest BCUT2D eigenvalue weighted by Crippen LogP contribution is 2.12. The number of amides is 5.